The minimum atomic E-state index is -0.913. The molecule has 2 amide bonds. The van der Waals surface area contributed by atoms with E-state index in [1.54, 1.807) is 18.2 Å². The Morgan fingerprint density at radius 2 is 1.68 bits per heavy atom. The van der Waals surface area contributed by atoms with Gasteiger partial charge in [0, 0.05) is 10.7 Å². The Morgan fingerprint density at radius 3 is 2.36 bits per heavy atom. The van der Waals surface area contributed by atoms with Crippen molar-refractivity contribution >= 4 is 40.8 Å². The zero-order chi connectivity index (χ0) is 18.4. The maximum absolute atomic E-state index is 12.1. The summed E-state index contributed by atoms with van der Waals surface area (Å²) in [5, 5.41) is 5.20. The Labute approximate surface area is 148 Å². The van der Waals surface area contributed by atoms with Crippen LogP contribution in [0.3, 0.4) is 0 Å². The van der Waals surface area contributed by atoms with Gasteiger partial charge in [-0.1, -0.05) is 17.7 Å². The van der Waals surface area contributed by atoms with E-state index in [-0.39, 0.29) is 16.9 Å². The maximum atomic E-state index is 12.1. The molecule has 0 fully saturated rings. The first kappa shape index (κ1) is 18.3. The Balaban J connectivity index is 2.10. The monoisotopic (exact) mass is 362 g/mol. The number of carbonyl (C=O) groups is 3. The molecule has 2 N–H and O–H groups in total. The summed E-state index contributed by atoms with van der Waals surface area (Å²) in [5.41, 5.74) is 0.789. The van der Waals surface area contributed by atoms with Crippen LogP contribution in [-0.4, -0.2) is 32.0 Å². The van der Waals surface area contributed by atoms with Crippen molar-refractivity contribution in [1.29, 1.82) is 0 Å². The van der Waals surface area contributed by atoms with E-state index in [0.29, 0.717) is 10.8 Å². The summed E-state index contributed by atoms with van der Waals surface area (Å²) in [4.78, 5) is 35.6. The van der Waals surface area contributed by atoms with Gasteiger partial charge in [0.15, 0.2) is 0 Å². The minimum Gasteiger partial charge on any atom is -0.495 e. The lowest BCUT2D eigenvalue weighted by Crippen LogP contribution is -2.29. The normalized spacial score (nSPS) is 9.88. The Bertz CT molecular complexity index is 822. The van der Waals surface area contributed by atoms with Crippen LogP contribution >= 0.6 is 11.6 Å². The van der Waals surface area contributed by atoms with Gasteiger partial charge in [-0.3, -0.25) is 9.59 Å². The standard InChI is InChI=1S/C17H15ClN2O5/c1-24-14-7-6-11(18)9-13(14)20-16(22)15(21)19-12-5-3-4-10(8-12)17(23)25-2/h3-9H,1-2H3,(H,19,21)(H,20,22). The Morgan fingerprint density at radius 1 is 0.960 bits per heavy atom. The molecule has 0 aliphatic rings. The summed E-state index contributed by atoms with van der Waals surface area (Å²) in [7, 11) is 2.68. The molecule has 7 nitrogen and oxygen atoms in total. The van der Waals surface area contributed by atoms with Gasteiger partial charge in [0.1, 0.15) is 5.75 Å². The molecule has 130 valence electrons. The van der Waals surface area contributed by atoms with Crippen molar-refractivity contribution in [3.05, 3.63) is 53.1 Å². The number of methoxy groups -OCH3 is 2. The van der Waals surface area contributed by atoms with Gasteiger partial charge in [-0.15, -0.1) is 0 Å². The molecule has 0 aliphatic heterocycles. The topological polar surface area (TPSA) is 93.7 Å². The van der Waals surface area contributed by atoms with Crippen molar-refractivity contribution in [2.75, 3.05) is 24.9 Å². The SMILES string of the molecule is COC(=O)c1cccc(NC(=O)C(=O)Nc2cc(Cl)ccc2OC)c1. The van der Waals surface area contributed by atoms with E-state index in [2.05, 4.69) is 15.4 Å². The van der Waals surface area contributed by atoms with Gasteiger partial charge in [-0.05, 0) is 36.4 Å². The second-order valence-electron chi connectivity index (χ2n) is 4.83. The van der Waals surface area contributed by atoms with Crippen molar-refractivity contribution in [2.45, 2.75) is 0 Å². The molecule has 0 saturated carbocycles. The Hall–Kier alpha value is -3.06. The van der Waals surface area contributed by atoms with E-state index in [9.17, 15) is 14.4 Å². The Kier molecular flexibility index (Phi) is 5.97. The summed E-state index contributed by atoms with van der Waals surface area (Å²) in [6, 6.07) is 10.6. The molecular weight excluding hydrogens is 348 g/mol. The van der Waals surface area contributed by atoms with Gasteiger partial charge < -0.3 is 20.1 Å². The quantitative estimate of drug-likeness (QED) is 0.644. The van der Waals surface area contributed by atoms with Crippen LogP contribution in [0.2, 0.25) is 5.02 Å². The van der Waals surface area contributed by atoms with Crippen LogP contribution in [0.25, 0.3) is 0 Å². The highest BCUT2D eigenvalue weighted by atomic mass is 35.5. The average molecular weight is 363 g/mol. The second-order valence-corrected chi connectivity index (χ2v) is 5.26. The third-order valence-electron chi connectivity index (χ3n) is 3.16. The first-order valence-corrected chi connectivity index (χ1v) is 7.46. The number of benzene rings is 2. The lowest BCUT2D eigenvalue weighted by atomic mass is 10.2. The van der Waals surface area contributed by atoms with Gasteiger partial charge in [0.25, 0.3) is 0 Å². The number of ether oxygens (including phenoxy) is 2. The number of rotatable bonds is 4. The van der Waals surface area contributed by atoms with Crippen molar-refractivity contribution < 1.29 is 23.9 Å². The molecule has 0 saturated heterocycles. The third-order valence-corrected chi connectivity index (χ3v) is 3.39. The highest BCUT2D eigenvalue weighted by Gasteiger charge is 2.17. The molecule has 2 aromatic carbocycles. The second kappa shape index (κ2) is 8.16. The van der Waals surface area contributed by atoms with Crippen LogP contribution in [0.1, 0.15) is 10.4 Å². The van der Waals surface area contributed by atoms with Crippen molar-refractivity contribution in [3.8, 4) is 5.75 Å². The summed E-state index contributed by atoms with van der Waals surface area (Å²) < 4.78 is 9.70. The van der Waals surface area contributed by atoms with E-state index < -0.39 is 17.8 Å². The van der Waals surface area contributed by atoms with E-state index in [1.165, 1.54) is 38.5 Å². The summed E-state index contributed by atoms with van der Waals surface area (Å²) >= 11 is 5.88. The maximum Gasteiger partial charge on any atom is 0.337 e. The molecule has 0 spiro atoms. The van der Waals surface area contributed by atoms with Gasteiger partial charge in [-0.2, -0.15) is 0 Å². The first-order valence-electron chi connectivity index (χ1n) is 7.09. The van der Waals surface area contributed by atoms with Gasteiger partial charge >= 0.3 is 17.8 Å². The molecule has 0 aromatic heterocycles. The molecule has 8 heteroatoms. The number of esters is 1. The fourth-order valence-electron chi connectivity index (χ4n) is 1.99. The summed E-state index contributed by atoms with van der Waals surface area (Å²) in [6.45, 7) is 0. The number of nitrogens with one attached hydrogen (secondary N) is 2. The van der Waals surface area contributed by atoms with Crippen molar-refractivity contribution in [2.24, 2.45) is 0 Å². The third kappa shape index (κ3) is 4.71. The fourth-order valence-corrected chi connectivity index (χ4v) is 2.16. The van der Waals surface area contributed by atoms with E-state index in [0.717, 1.165) is 0 Å². The average Bonchev–Trinajstić information content (AvgIpc) is 2.61. The molecule has 0 heterocycles. The van der Waals surface area contributed by atoms with Crippen LogP contribution < -0.4 is 15.4 Å². The number of anilines is 2. The van der Waals surface area contributed by atoms with Crippen LogP contribution in [0.5, 0.6) is 5.75 Å². The van der Waals surface area contributed by atoms with E-state index in [4.69, 9.17) is 16.3 Å². The van der Waals surface area contributed by atoms with E-state index in [1.807, 2.05) is 0 Å². The van der Waals surface area contributed by atoms with Crippen LogP contribution in [0, 0.1) is 0 Å². The van der Waals surface area contributed by atoms with Gasteiger partial charge in [0.2, 0.25) is 0 Å². The molecule has 2 rings (SSSR count). The number of carbonyl (C=O) groups excluding carboxylic acids is 3. The molecule has 0 bridgehead atoms. The molecule has 0 unspecified atom stereocenters. The molecular formula is C17H15ClN2O5. The summed E-state index contributed by atoms with van der Waals surface area (Å²) in [6.07, 6.45) is 0. The van der Waals surface area contributed by atoms with Gasteiger partial charge in [0.05, 0.1) is 25.5 Å². The van der Waals surface area contributed by atoms with Crippen molar-refractivity contribution in [1.82, 2.24) is 0 Å². The lowest BCUT2D eigenvalue weighted by molar-refractivity contribution is -0.133. The van der Waals surface area contributed by atoms with Crippen molar-refractivity contribution in [3.63, 3.8) is 0 Å². The van der Waals surface area contributed by atoms with Gasteiger partial charge in [-0.25, -0.2) is 4.79 Å². The zero-order valence-corrected chi connectivity index (χ0v) is 14.2. The molecule has 0 atom stereocenters. The van der Waals surface area contributed by atoms with Crippen LogP contribution in [0.4, 0.5) is 11.4 Å². The minimum absolute atomic E-state index is 0.247. The first-order chi connectivity index (χ1) is 11.9. The number of amides is 2. The van der Waals surface area contributed by atoms with Crippen LogP contribution in [0.15, 0.2) is 42.5 Å². The highest BCUT2D eigenvalue weighted by molar-refractivity contribution is 6.44. The van der Waals surface area contributed by atoms with E-state index >= 15 is 0 Å². The lowest BCUT2D eigenvalue weighted by Gasteiger charge is -2.11. The fraction of sp³-hybridized carbons (Fsp3) is 0.118. The zero-order valence-electron chi connectivity index (χ0n) is 13.5. The summed E-state index contributed by atoms with van der Waals surface area (Å²) in [5.74, 6) is -2.02. The largest absolute Gasteiger partial charge is 0.495 e. The number of hydrogen-bond acceptors (Lipinski definition) is 5. The predicted octanol–water partition coefficient (Wildman–Crippen LogP) is 2.71. The highest BCUT2D eigenvalue weighted by Crippen LogP contribution is 2.27. The molecule has 0 radical (unpaired) electrons. The molecule has 0 aliphatic carbocycles. The smallest absolute Gasteiger partial charge is 0.337 e. The molecule has 2 aromatic rings. The molecule has 25 heavy (non-hydrogen) atoms. The number of halogens is 1. The number of hydrogen-bond donors (Lipinski definition) is 2. The van der Waals surface area contributed by atoms with Crippen LogP contribution in [-0.2, 0) is 14.3 Å². The predicted molar refractivity (Wildman–Crippen MR) is 93.0 cm³/mol.